The molecule has 1 aliphatic rings. The van der Waals surface area contributed by atoms with Crippen LogP contribution < -0.4 is 0 Å². The van der Waals surface area contributed by atoms with Crippen molar-refractivity contribution in [3.8, 4) is 5.75 Å². The summed E-state index contributed by atoms with van der Waals surface area (Å²) in [5.41, 5.74) is 0.355. The number of benzene rings is 1. The van der Waals surface area contributed by atoms with Crippen molar-refractivity contribution in [2.45, 2.75) is 24.9 Å². The maximum Gasteiger partial charge on any atom is 0.165 e. The Morgan fingerprint density at radius 1 is 1.40 bits per heavy atom. The summed E-state index contributed by atoms with van der Waals surface area (Å²) < 4.78 is 5.27. The third-order valence-corrected chi connectivity index (χ3v) is 3.33. The number of Topliss-reactive ketones (excluding diaryl/α,β-unsaturated/α-hetero) is 1. The molecule has 1 aromatic carbocycles. The van der Waals surface area contributed by atoms with Crippen LogP contribution in [0.2, 0.25) is 0 Å². The Hall–Kier alpha value is -1.35. The summed E-state index contributed by atoms with van der Waals surface area (Å²) in [5.74, 6) is 0.488. The number of ketones is 1. The molecule has 2 atom stereocenters. The molecule has 15 heavy (non-hydrogen) atoms. The molecule has 0 amide bonds. The molecule has 0 aliphatic heterocycles. The van der Waals surface area contributed by atoms with Crippen LogP contribution in [0.3, 0.4) is 0 Å². The molecular weight excluding hydrogens is 192 g/mol. The first kappa shape index (κ1) is 10.2. The Bertz CT molecular complexity index is 382. The molecule has 0 bridgehead atoms. The normalized spacial score (nSPS) is 30.0. The number of phenolic OH excluding ortho intramolecular Hbond substituents is 1. The minimum absolute atomic E-state index is 0.107. The Morgan fingerprint density at radius 3 is 2.47 bits per heavy atom. The number of rotatable bonds is 2. The van der Waals surface area contributed by atoms with Crippen molar-refractivity contribution in [3.05, 3.63) is 29.8 Å². The lowest BCUT2D eigenvalue weighted by molar-refractivity contribution is -0.157. The van der Waals surface area contributed by atoms with E-state index in [9.17, 15) is 9.90 Å². The van der Waals surface area contributed by atoms with Crippen LogP contribution >= 0.6 is 0 Å². The Labute approximate surface area is 88.7 Å². The third kappa shape index (κ3) is 1.43. The fourth-order valence-electron chi connectivity index (χ4n) is 2.04. The van der Waals surface area contributed by atoms with Gasteiger partial charge in [0.25, 0.3) is 0 Å². The molecule has 0 saturated heterocycles. The number of hydrogen-bond donors (Lipinski definition) is 1. The van der Waals surface area contributed by atoms with E-state index in [-0.39, 0.29) is 17.5 Å². The van der Waals surface area contributed by atoms with E-state index >= 15 is 0 Å². The van der Waals surface area contributed by atoms with Crippen LogP contribution in [0.25, 0.3) is 0 Å². The SMILES string of the molecule is CO[C@@]1(C)C(=O)C[C@@H]1c1ccc(O)cc1. The van der Waals surface area contributed by atoms with Crippen molar-refractivity contribution in [1.82, 2.24) is 0 Å². The minimum Gasteiger partial charge on any atom is -0.508 e. The summed E-state index contributed by atoms with van der Waals surface area (Å²) in [6.07, 6.45) is 0.523. The summed E-state index contributed by atoms with van der Waals surface area (Å²) in [4.78, 5) is 11.5. The smallest absolute Gasteiger partial charge is 0.165 e. The molecule has 2 rings (SSSR count). The van der Waals surface area contributed by atoms with Gasteiger partial charge in [-0.2, -0.15) is 0 Å². The first-order valence-electron chi connectivity index (χ1n) is 4.95. The van der Waals surface area contributed by atoms with E-state index in [0.29, 0.717) is 6.42 Å². The number of phenols is 1. The van der Waals surface area contributed by atoms with E-state index < -0.39 is 5.60 Å². The van der Waals surface area contributed by atoms with E-state index in [4.69, 9.17) is 4.74 Å². The zero-order chi connectivity index (χ0) is 11.1. The van der Waals surface area contributed by atoms with Gasteiger partial charge in [0.1, 0.15) is 11.4 Å². The summed E-state index contributed by atoms with van der Waals surface area (Å²) in [6.45, 7) is 1.82. The van der Waals surface area contributed by atoms with Gasteiger partial charge in [0.15, 0.2) is 5.78 Å². The number of carbonyl (C=O) groups excluding carboxylic acids is 1. The number of ether oxygens (including phenoxy) is 1. The third-order valence-electron chi connectivity index (χ3n) is 3.33. The molecule has 3 heteroatoms. The van der Waals surface area contributed by atoms with Gasteiger partial charge in [-0.15, -0.1) is 0 Å². The van der Waals surface area contributed by atoms with Gasteiger partial charge in [0.05, 0.1) is 0 Å². The predicted octanol–water partition coefficient (Wildman–Crippen LogP) is 1.85. The van der Waals surface area contributed by atoms with Crippen molar-refractivity contribution in [2.24, 2.45) is 0 Å². The lowest BCUT2D eigenvalue weighted by Crippen LogP contribution is -2.53. The number of aromatic hydroxyl groups is 1. The monoisotopic (exact) mass is 206 g/mol. The van der Waals surface area contributed by atoms with Crippen LogP contribution in [-0.4, -0.2) is 23.6 Å². The van der Waals surface area contributed by atoms with Gasteiger partial charge in [-0.3, -0.25) is 4.79 Å². The van der Waals surface area contributed by atoms with Gasteiger partial charge in [-0.05, 0) is 24.6 Å². The van der Waals surface area contributed by atoms with Crippen molar-refractivity contribution >= 4 is 5.78 Å². The van der Waals surface area contributed by atoms with E-state index in [2.05, 4.69) is 0 Å². The molecule has 1 aliphatic carbocycles. The average molecular weight is 206 g/mol. The maximum absolute atomic E-state index is 11.5. The number of hydrogen-bond acceptors (Lipinski definition) is 3. The zero-order valence-electron chi connectivity index (χ0n) is 8.86. The Morgan fingerprint density at radius 2 is 2.00 bits per heavy atom. The fourth-order valence-corrected chi connectivity index (χ4v) is 2.04. The molecule has 1 N–H and O–H groups in total. The second-order valence-electron chi connectivity index (χ2n) is 4.08. The van der Waals surface area contributed by atoms with Gasteiger partial charge in [-0.25, -0.2) is 0 Å². The Kier molecular flexibility index (Phi) is 2.27. The number of methoxy groups -OCH3 is 1. The highest BCUT2D eigenvalue weighted by atomic mass is 16.5. The molecule has 3 nitrogen and oxygen atoms in total. The predicted molar refractivity (Wildman–Crippen MR) is 55.9 cm³/mol. The molecule has 0 spiro atoms. The lowest BCUT2D eigenvalue weighted by Gasteiger charge is -2.44. The molecule has 1 fully saturated rings. The van der Waals surface area contributed by atoms with E-state index in [0.717, 1.165) is 5.56 Å². The van der Waals surface area contributed by atoms with Crippen molar-refractivity contribution in [1.29, 1.82) is 0 Å². The summed E-state index contributed by atoms with van der Waals surface area (Å²) in [6, 6.07) is 6.94. The molecule has 1 saturated carbocycles. The second kappa shape index (κ2) is 3.35. The lowest BCUT2D eigenvalue weighted by atomic mass is 9.66. The second-order valence-corrected chi connectivity index (χ2v) is 4.08. The molecule has 0 heterocycles. The van der Waals surface area contributed by atoms with Crippen LogP contribution in [0.1, 0.15) is 24.8 Å². The van der Waals surface area contributed by atoms with Crippen LogP contribution in [0.15, 0.2) is 24.3 Å². The molecule has 0 unspecified atom stereocenters. The summed E-state index contributed by atoms with van der Waals surface area (Å²) in [7, 11) is 1.56. The van der Waals surface area contributed by atoms with E-state index in [1.807, 2.05) is 19.1 Å². The van der Waals surface area contributed by atoms with E-state index in [1.165, 1.54) is 0 Å². The standard InChI is InChI=1S/C12H14O3/c1-12(15-2)10(7-11(12)14)8-3-5-9(13)6-4-8/h3-6,10,13H,7H2,1-2H3/t10-,12-/m1/s1. The molecule has 0 aromatic heterocycles. The average Bonchev–Trinajstić information content (AvgIpc) is 2.26. The van der Waals surface area contributed by atoms with Crippen molar-refractivity contribution in [2.75, 3.05) is 7.11 Å². The first-order valence-corrected chi connectivity index (χ1v) is 4.95. The minimum atomic E-state index is -0.684. The highest BCUT2D eigenvalue weighted by Gasteiger charge is 2.52. The quantitative estimate of drug-likeness (QED) is 0.803. The van der Waals surface area contributed by atoms with Crippen LogP contribution in [0, 0.1) is 0 Å². The molecule has 1 aromatic rings. The van der Waals surface area contributed by atoms with Gasteiger partial charge < -0.3 is 9.84 Å². The largest absolute Gasteiger partial charge is 0.508 e. The Balaban J connectivity index is 2.26. The highest BCUT2D eigenvalue weighted by Crippen LogP contribution is 2.45. The highest BCUT2D eigenvalue weighted by molar-refractivity contribution is 5.95. The van der Waals surface area contributed by atoms with E-state index in [1.54, 1.807) is 19.2 Å². The maximum atomic E-state index is 11.5. The number of carbonyl (C=O) groups is 1. The van der Waals surface area contributed by atoms with Gasteiger partial charge in [0, 0.05) is 19.4 Å². The topological polar surface area (TPSA) is 46.5 Å². The molecule has 80 valence electrons. The van der Waals surface area contributed by atoms with Crippen LogP contribution in [0.4, 0.5) is 0 Å². The first-order chi connectivity index (χ1) is 7.08. The van der Waals surface area contributed by atoms with Gasteiger partial charge in [-0.1, -0.05) is 12.1 Å². The summed E-state index contributed by atoms with van der Waals surface area (Å²) >= 11 is 0. The summed E-state index contributed by atoms with van der Waals surface area (Å²) in [5, 5.41) is 9.17. The van der Waals surface area contributed by atoms with Crippen LogP contribution in [0.5, 0.6) is 5.75 Å². The van der Waals surface area contributed by atoms with Gasteiger partial charge >= 0.3 is 0 Å². The van der Waals surface area contributed by atoms with Crippen LogP contribution in [-0.2, 0) is 9.53 Å². The molecular formula is C12H14O3. The van der Waals surface area contributed by atoms with Gasteiger partial charge in [0.2, 0.25) is 0 Å². The van der Waals surface area contributed by atoms with Crippen molar-refractivity contribution in [3.63, 3.8) is 0 Å². The molecule has 0 radical (unpaired) electrons. The van der Waals surface area contributed by atoms with Crippen molar-refractivity contribution < 1.29 is 14.6 Å². The zero-order valence-corrected chi connectivity index (χ0v) is 8.86. The fraction of sp³-hybridized carbons (Fsp3) is 0.417.